The molecule has 1 unspecified atom stereocenters. The lowest BCUT2D eigenvalue weighted by molar-refractivity contribution is 0.625. The average molecular weight is 272 g/mol. The number of hydrogen-bond acceptors (Lipinski definition) is 2. The highest BCUT2D eigenvalue weighted by molar-refractivity contribution is 5.31. The van der Waals surface area contributed by atoms with Gasteiger partial charge in [0.05, 0.1) is 6.04 Å². The topological polar surface area (TPSA) is 48.0 Å². The van der Waals surface area contributed by atoms with Gasteiger partial charge in [-0.3, -0.25) is 4.79 Å². The minimum Gasteiger partial charge on any atom is -0.320 e. The molecule has 0 amide bonds. The maximum atomic E-state index is 13.0. The van der Waals surface area contributed by atoms with Crippen molar-refractivity contribution in [3.8, 4) is 0 Å². The Labute approximate surface area is 116 Å². The Morgan fingerprint density at radius 3 is 2.45 bits per heavy atom. The second kappa shape index (κ2) is 4.87. The summed E-state index contributed by atoms with van der Waals surface area (Å²) in [6.07, 6.45) is 2.10. The van der Waals surface area contributed by atoms with E-state index in [-0.39, 0.29) is 11.4 Å². The van der Waals surface area contributed by atoms with Crippen LogP contribution in [0.3, 0.4) is 0 Å². The standard InChI is InChI=1S/C16H17FN2O/c1-10-2-9-14(16(20)19(10)13-7-8-13)15(18)11-3-5-12(17)6-4-11/h2-6,9,13,15H,7-8,18H2,1H3. The molecule has 3 nitrogen and oxygen atoms in total. The smallest absolute Gasteiger partial charge is 0.256 e. The van der Waals surface area contributed by atoms with Crippen LogP contribution in [-0.2, 0) is 0 Å². The van der Waals surface area contributed by atoms with Crippen LogP contribution in [-0.4, -0.2) is 4.57 Å². The van der Waals surface area contributed by atoms with Gasteiger partial charge in [-0.1, -0.05) is 12.1 Å². The molecule has 20 heavy (non-hydrogen) atoms. The number of rotatable bonds is 3. The van der Waals surface area contributed by atoms with E-state index in [4.69, 9.17) is 5.73 Å². The number of nitrogens with zero attached hydrogens (tertiary/aromatic N) is 1. The van der Waals surface area contributed by atoms with Crippen molar-refractivity contribution in [3.05, 3.63) is 69.4 Å². The molecule has 0 aliphatic heterocycles. The van der Waals surface area contributed by atoms with Crippen molar-refractivity contribution in [2.75, 3.05) is 0 Å². The first-order valence-corrected chi connectivity index (χ1v) is 6.81. The molecule has 1 heterocycles. The van der Waals surface area contributed by atoms with E-state index in [2.05, 4.69) is 0 Å². The van der Waals surface area contributed by atoms with Gasteiger partial charge in [0.25, 0.3) is 5.56 Å². The maximum absolute atomic E-state index is 13.0. The van der Waals surface area contributed by atoms with Crippen LogP contribution < -0.4 is 11.3 Å². The summed E-state index contributed by atoms with van der Waals surface area (Å²) < 4.78 is 14.8. The molecule has 0 spiro atoms. The quantitative estimate of drug-likeness (QED) is 0.933. The van der Waals surface area contributed by atoms with Gasteiger partial charge in [0.15, 0.2) is 0 Å². The van der Waals surface area contributed by atoms with Crippen molar-refractivity contribution in [1.29, 1.82) is 0 Å². The first-order valence-electron chi connectivity index (χ1n) is 6.81. The number of pyridine rings is 1. The summed E-state index contributed by atoms with van der Waals surface area (Å²) in [6, 6.07) is 9.49. The summed E-state index contributed by atoms with van der Waals surface area (Å²) in [5.41, 5.74) is 8.42. The van der Waals surface area contributed by atoms with E-state index in [1.807, 2.05) is 17.6 Å². The van der Waals surface area contributed by atoms with E-state index >= 15 is 0 Å². The minimum atomic E-state index is -0.520. The van der Waals surface area contributed by atoms with Gasteiger partial charge in [0, 0.05) is 17.3 Å². The molecule has 1 aromatic heterocycles. The van der Waals surface area contributed by atoms with Gasteiger partial charge in [-0.15, -0.1) is 0 Å². The summed E-state index contributed by atoms with van der Waals surface area (Å²) in [6.45, 7) is 1.94. The molecule has 2 aromatic rings. The SMILES string of the molecule is Cc1ccc(C(N)c2ccc(F)cc2)c(=O)n1C1CC1. The van der Waals surface area contributed by atoms with Gasteiger partial charge in [0.2, 0.25) is 0 Å². The lowest BCUT2D eigenvalue weighted by Crippen LogP contribution is -2.29. The van der Waals surface area contributed by atoms with Crippen molar-refractivity contribution in [3.63, 3.8) is 0 Å². The lowest BCUT2D eigenvalue weighted by atomic mass is 10.0. The van der Waals surface area contributed by atoms with Gasteiger partial charge in [-0.2, -0.15) is 0 Å². The molecule has 4 heteroatoms. The van der Waals surface area contributed by atoms with Gasteiger partial charge in [0.1, 0.15) is 5.82 Å². The number of aromatic nitrogens is 1. The third-order valence-electron chi connectivity index (χ3n) is 3.83. The largest absolute Gasteiger partial charge is 0.320 e. The van der Waals surface area contributed by atoms with E-state index in [1.54, 1.807) is 18.2 Å². The molecule has 1 aromatic carbocycles. The molecule has 104 valence electrons. The molecule has 3 rings (SSSR count). The zero-order chi connectivity index (χ0) is 14.3. The Morgan fingerprint density at radius 2 is 1.85 bits per heavy atom. The number of aryl methyl sites for hydroxylation is 1. The van der Waals surface area contributed by atoms with E-state index in [1.165, 1.54) is 12.1 Å². The van der Waals surface area contributed by atoms with Crippen LogP contribution in [0.15, 0.2) is 41.2 Å². The number of benzene rings is 1. The Bertz CT molecular complexity index is 687. The third kappa shape index (κ3) is 2.27. The van der Waals surface area contributed by atoms with E-state index in [0.29, 0.717) is 11.6 Å². The normalized spacial score (nSPS) is 16.1. The van der Waals surface area contributed by atoms with Crippen molar-refractivity contribution in [2.45, 2.75) is 31.8 Å². The highest BCUT2D eigenvalue weighted by atomic mass is 19.1. The maximum Gasteiger partial charge on any atom is 0.256 e. The average Bonchev–Trinajstić information content (AvgIpc) is 3.24. The van der Waals surface area contributed by atoms with Crippen LogP contribution in [0.25, 0.3) is 0 Å². The van der Waals surface area contributed by atoms with Gasteiger partial charge < -0.3 is 10.3 Å². The van der Waals surface area contributed by atoms with Crippen LogP contribution in [0.4, 0.5) is 4.39 Å². The van der Waals surface area contributed by atoms with Crippen molar-refractivity contribution < 1.29 is 4.39 Å². The van der Waals surface area contributed by atoms with Crippen LogP contribution in [0, 0.1) is 12.7 Å². The van der Waals surface area contributed by atoms with Crippen LogP contribution in [0.1, 0.15) is 41.7 Å². The number of halogens is 1. The molecule has 1 aliphatic carbocycles. The lowest BCUT2D eigenvalue weighted by Gasteiger charge is -2.16. The molecular weight excluding hydrogens is 255 g/mol. The first kappa shape index (κ1) is 13.1. The minimum absolute atomic E-state index is 0.0238. The molecule has 1 fully saturated rings. The van der Waals surface area contributed by atoms with E-state index < -0.39 is 6.04 Å². The molecule has 1 saturated carbocycles. The highest BCUT2D eigenvalue weighted by Gasteiger charge is 2.27. The van der Waals surface area contributed by atoms with Crippen LogP contribution in [0.5, 0.6) is 0 Å². The highest BCUT2D eigenvalue weighted by Crippen LogP contribution is 2.34. The number of hydrogen-bond donors (Lipinski definition) is 1. The third-order valence-corrected chi connectivity index (χ3v) is 3.83. The zero-order valence-electron chi connectivity index (χ0n) is 11.3. The van der Waals surface area contributed by atoms with Crippen molar-refractivity contribution >= 4 is 0 Å². The van der Waals surface area contributed by atoms with Gasteiger partial charge in [-0.05, 0) is 49.6 Å². The van der Waals surface area contributed by atoms with E-state index in [0.717, 1.165) is 24.1 Å². The molecular formula is C16H17FN2O. The van der Waals surface area contributed by atoms with Crippen LogP contribution in [0.2, 0.25) is 0 Å². The first-order chi connectivity index (χ1) is 9.58. The monoisotopic (exact) mass is 272 g/mol. The van der Waals surface area contributed by atoms with Crippen LogP contribution >= 0.6 is 0 Å². The second-order valence-corrected chi connectivity index (χ2v) is 5.37. The molecule has 1 atom stereocenters. The van der Waals surface area contributed by atoms with Gasteiger partial charge >= 0.3 is 0 Å². The molecule has 0 saturated heterocycles. The Morgan fingerprint density at radius 1 is 1.20 bits per heavy atom. The summed E-state index contributed by atoms with van der Waals surface area (Å²) in [5, 5.41) is 0. The van der Waals surface area contributed by atoms with Crippen molar-refractivity contribution in [2.24, 2.45) is 5.73 Å². The fourth-order valence-corrected chi connectivity index (χ4v) is 2.53. The predicted octanol–water partition coefficient (Wildman–Crippen LogP) is 2.68. The molecule has 2 N–H and O–H groups in total. The Hall–Kier alpha value is -1.94. The van der Waals surface area contributed by atoms with E-state index in [9.17, 15) is 9.18 Å². The molecule has 0 bridgehead atoms. The summed E-state index contributed by atoms with van der Waals surface area (Å²) in [7, 11) is 0. The molecule has 1 aliphatic rings. The Balaban J connectivity index is 2.03. The predicted molar refractivity (Wildman–Crippen MR) is 76.1 cm³/mol. The molecule has 0 radical (unpaired) electrons. The Kier molecular flexibility index (Phi) is 3.18. The fourth-order valence-electron chi connectivity index (χ4n) is 2.53. The second-order valence-electron chi connectivity index (χ2n) is 5.37. The fraction of sp³-hybridized carbons (Fsp3) is 0.312. The van der Waals surface area contributed by atoms with Crippen molar-refractivity contribution in [1.82, 2.24) is 4.57 Å². The summed E-state index contributed by atoms with van der Waals surface area (Å²) in [4.78, 5) is 12.6. The summed E-state index contributed by atoms with van der Waals surface area (Å²) in [5.74, 6) is -0.305. The summed E-state index contributed by atoms with van der Waals surface area (Å²) >= 11 is 0. The zero-order valence-corrected chi connectivity index (χ0v) is 11.3. The number of nitrogens with two attached hydrogens (primary N) is 1. The van der Waals surface area contributed by atoms with Gasteiger partial charge in [-0.25, -0.2) is 4.39 Å².